The molecule has 126 valence electrons. The number of hydrogen-bond acceptors (Lipinski definition) is 3. The summed E-state index contributed by atoms with van der Waals surface area (Å²) in [6.07, 6.45) is 8.04. The molecule has 0 radical (unpaired) electrons. The van der Waals surface area contributed by atoms with E-state index in [9.17, 15) is 0 Å². The van der Waals surface area contributed by atoms with Crippen molar-refractivity contribution in [2.75, 3.05) is 40.3 Å². The third-order valence-electron chi connectivity index (χ3n) is 4.97. The molecule has 21 heavy (non-hydrogen) atoms. The van der Waals surface area contributed by atoms with E-state index in [0.29, 0.717) is 6.04 Å². The molecule has 3 unspecified atom stereocenters. The summed E-state index contributed by atoms with van der Waals surface area (Å²) >= 11 is 0. The second-order valence-corrected chi connectivity index (χ2v) is 7.05. The summed E-state index contributed by atoms with van der Waals surface area (Å²) < 4.78 is 0. The van der Waals surface area contributed by atoms with Crippen LogP contribution in [-0.4, -0.2) is 62.2 Å². The zero-order valence-corrected chi connectivity index (χ0v) is 15.2. The molecule has 1 aliphatic carbocycles. The van der Waals surface area contributed by atoms with Crippen LogP contribution in [0, 0.1) is 5.92 Å². The Balaban J connectivity index is 2.69. The van der Waals surface area contributed by atoms with Gasteiger partial charge in [-0.1, -0.05) is 27.2 Å². The van der Waals surface area contributed by atoms with Crippen molar-refractivity contribution in [3.63, 3.8) is 0 Å². The van der Waals surface area contributed by atoms with Gasteiger partial charge in [0.15, 0.2) is 0 Å². The van der Waals surface area contributed by atoms with Gasteiger partial charge in [0.1, 0.15) is 0 Å². The molecule has 3 heteroatoms. The van der Waals surface area contributed by atoms with Crippen molar-refractivity contribution >= 4 is 0 Å². The molecule has 0 aromatic carbocycles. The van der Waals surface area contributed by atoms with Crippen LogP contribution in [0.1, 0.15) is 59.3 Å². The van der Waals surface area contributed by atoms with Crippen molar-refractivity contribution < 1.29 is 0 Å². The van der Waals surface area contributed by atoms with Gasteiger partial charge in [0.2, 0.25) is 0 Å². The first-order chi connectivity index (χ1) is 10.1. The molecule has 1 aliphatic rings. The average molecular weight is 298 g/mol. The van der Waals surface area contributed by atoms with Crippen LogP contribution in [0.2, 0.25) is 0 Å². The molecule has 0 amide bonds. The van der Waals surface area contributed by atoms with Gasteiger partial charge in [0.05, 0.1) is 0 Å². The van der Waals surface area contributed by atoms with Crippen molar-refractivity contribution in [3.05, 3.63) is 0 Å². The first-order valence-electron chi connectivity index (χ1n) is 9.24. The molecule has 1 saturated carbocycles. The van der Waals surface area contributed by atoms with Crippen molar-refractivity contribution in [1.29, 1.82) is 0 Å². The monoisotopic (exact) mass is 297 g/mol. The van der Waals surface area contributed by atoms with Gasteiger partial charge in [-0.25, -0.2) is 0 Å². The van der Waals surface area contributed by atoms with E-state index >= 15 is 0 Å². The number of rotatable bonds is 10. The van der Waals surface area contributed by atoms with Crippen LogP contribution < -0.4 is 5.32 Å². The summed E-state index contributed by atoms with van der Waals surface area (Å²) in [5.41, 5.74) is 0. The highest BCUT2D eigenvalue weighted by Gasteiger charge is 2.32. The van der Waals surface area contributed by atoms with E-state index in [2.05, 4.69) is 50.0 Å². The zero-order valence-electron chi connectivity index (χ0n) is 15.2. The fourth-order valence-electron chi connectivity index (χ4n) is 3.63. The van der Waals surface area contributed by atoms with E-state index < -0.39 is 0 Å². The molecule has 0 bridgehead atoms. The Morgan fingerprint density at radius 2 is 1.71 bits per heavy atom. The van der Waals surface area contributed by atoms with E-state index in [0.717, 1.165) is 12.0 Å². The van der Waals surface area contributed by atoms with Crippen LogP contribution in [0.5, 0.6) is 0 Å². The van der Waals surface area contributed by atoms with Gasteiger partial charge in [-0.05, 0) is 65.2 Å². The molecule has 1 rings (SSSR count). The molecule has 1 fully saturated rings. The maximum atomic E-state index is 3.84. The van der Waals surface area contributed by atoms with E-state index in [-0.39, 0.29) is 0 Å². The van der Waals surface area contributed by atoms with E-state index in [4.69, 9.17) is 0 Å². The molecular formula is C18H39N3. The largest absolute Gasteiger partial charge is 0.312 e. The average Bonchev–Trinajstić information content (AvgIpc) is 2.49. The Kier molecular flexibility index (Phi) is 9.54. The number of nitrogens with zero attached hydrogens (tertiary/aromatic N) is 2. The predicted octanol–water partition coefficient (Wildman–Crippen LogP) is 3.21. The Labute approximate surface area is 133 Å². The summed E-state index contributed by atoms with van der Waals surface area (Å²) in [5.74, 6) is 0.938. The normalized spacial score (nSPS) is 26.7. The molecule has 0 aromatic rings. The maximum Gasteiger partial charge on any atom is 0.0252 e. The third kappa shape index (κ3) is 6.66. The van der Waals surface area contributed by atoms with Crippen molar-refractivity contribution in [3.8, 4) is 0 Å². The minimum Gasteiger partial charge on any atom is -0.312 e. The molecule has 3 nitrogen and oxygen atoms in total. The van der Waals surface area contributed by atoms with Gasteiger partial charge >= 0.3 is 0 Å². The van der Waals surface area contributed by atoms with Crippen LogP contribution in [0.25, 0.3) is 0 Å². The fraction of sp³-hybridized carbons (Fsp3) is 1.00. The molecule has 0 spiro atoms. The highest BCUT2D eigenvalue weighted by molar-refractivity contribution is 4.91. The maximum absolute atomic E-state index is 3.84. The van der Waals surface area contributed by atoms with Gasteiger partial charge in [0, 0.05) is 25.2 Å². The first kappa shape index (κ1) is 18.9. The lowest BCUT2D eigenvalue weighted by molar-refractivity contribution is 0.0888. The molecule has 1 N–H and O–H groups in total. The first-order valence-corrected chi connectivity index (χ1v) is 9.24. The quantitative estimate of drug-likeness (QED) is 0.668. The van der Waals surface area contributed by atoms with Crippen LogP contribution in [0.15, 0.2) is 0 Å². The Bertz CT molecular complexity index is 255. The molecule has 0 heterocycles. The standard InChI is InChI=1S/C18H39N3/c1-6-11-19-17-10-9-16(8-3)15-18(17)21(12-7-2)14-13-20(4)5/h16-19H,6-15H2,1-5H3. The molecule has 0 saturated heterocycles. The number of hydrogen-bond donors (Lipinski definition) is 1. The van der Waals surface area contributed by atoms with Crippen molar-refractivity contribution in [2.24, 2.45) is 5.92 Å². The Morgan fingerprint density at radius 1 is 0.952 bits per heavy atom. The van der Waals surface area contributed by atoms with Gasteiger partial charge in [-0.3, -0.25) is 4.90 Å². The number of likely N-dealkylation sites (N-methyl/N-ethyl adjacent to an activating group) is 1. The highest BCUT2D eigenvalue weighted by Crippen LogP contribution is 2.30. The van der Waals surface area contributed by atoms with Gasteiger partial charge in [0.25, 0.3) is 0 Å². The third-order valence-corrected chi connectivity index (χ3v) is 4.97. The smallest absolute Gasteiger partial charge is 0.0252 e. The van der Waals surface area contributed by atoms with E-state index in [1.807, 2.05) is 0 Å². The summed E-state index contributed by atoms with van der Waals surface area (Å²) in [4.78, 5) is 5.09. The lowest BCUT2D eigenvalue weighted by Gasteiger charge is -2.43. The summed E-state index contributed by atoms with van der Waals surface area (Å²) in [6.45, 7) is 11.8. The molecule has 0 aliphatic heterocycles. The van der Waals surface area contributed by atoms with E-state index in [1.54, 1.807) is 0 Å². The minimum absolute atomic E-state index is 0.710. The molecule has 3 atom stereocenters. The Hall–Kier alpha value is -0.120. The minimum atomic E-state index is 0.710. The van der Waals surface area contributed by atoms with Gasteiger partial charge in [-0.15, -0.1) is 0 Å². The van der Waals surface area contributed by atoms with Crippen molar-refractivity contribution in [2.45, 2.75) is 71.4 Å². The lowest BCUT2D eigenvalue weighted by atomic mass is 9.80. The fourth-order valence-corrected chi connectivity index (χ4v) is 3.63. The van der Waals surface area contributed by atoms with Crippen LogP contribution in [0.3, 0.4) is 0 Å². The van der Waals surface area contributed by atoms with Crippen LogP contribution in [-0.2, 0) is 0 Å². The highest BCUT2D eigenvalue weighted by atomic mass is 15.2. The van der Waals surface area contributed by atoms with Crippen molar-refractivity contribution in [1.82, 2.24) is 15.1 Å². The predicted molar refractivity (Wildman–Crippen MR) is 93.9 cm³/mol. The van der Waals surface area contributed by atoms with Crippen LogP contribution in [0.4, 0.5) is 0 Å². The second kappa shape index (κ2) is 10.6. The second-order valence-electron chi connectivity index (χ2n) is 7.05. The SMILES string of the molecule is CCCNC1CCC(CC)CC1N(CCC)CCN(C)C. The zero-order chi connectivity index (χ0) is 15.7. The summed E-state index contributed by atoms with van der Waals surface area (Å²) in [6, 6.07) is 1.46. The molecular weight excluding hydrogens is 258 g/mol. The van der Waals surface area contributed by atoms with Gasteiger partial charge < -0.3 is 10.2 Å². The summed E-state index contributed by atoms with van der Waals surface area (Å²) in [5, 5.41) is 3.84. The molecule has 0 aromatic heterocycles. The van der Waals surface area contributed by atoms with Gasteiger partial charge in [-0.2, -0.15) is 0 Å². The number of nitrogens with one attached hydrogen (secondary N) is 1. The van der Waals surface area contributed by atoms with Crippen LogP contribution >= 0.6 is 0 Å². The summed E-state index contributed by atoms with van der Waals surface area (Å²) in [7, 11) is 4.37. The lowest BCUT2D eigenvalue weighted by Crippen LogP contribution is -2.54. The van der Waals surface area contributed by atoms with E-state index in [1.165, 1.54) is 64.7 Å². The topological polar surface area (TPSA) is 18.5 Å². The Morgan fingerprint density at radius 3 is 2.29 bits per heavy atom.